The van der Waals surface area contributed by atoms with Crippen LogP contribution in [0.4, 0.5) is 5.69 Å². The molecule has 3 rings (SSSR count). The Balaban J connectivity index is 1.60. The fourth-order valence-electron chi connectivity index (χ4n) is 2.57. The zero-order chi connectivity index (χ0) is 14.1. The molecule has 0 aliphatic heterocycles. The average Bonchev–Trinajstić information content (AvgIpc) is 2.39. The van der Waals surface area contributed by atoms with Crippen LogP contribution in [0.3, 0.4) is 0 Å². The Kier molecular flexibility index (Phi) is 4.11. The van der Waals surface area contributed by atoms with Crippen LogP contribution in [0.25, 0.3) is 0 Å². The SMILES string of the molecule is Clc1ccc(C2CC(Nc3cc(Cl)ccc3Cl)C2)cc1. The van der Waals surface area contributed by atoms with Crippen LogP contribution in [0.2, 0.25) is 15.1 Å². The molecule has 0 bridgehead atoms. The quantitative estimate of drug-likeness (QED) is 0.729. The first-order valence-electron chi connectivity index (χ1n) is 6.59. The van der Waals surface area contributed by atoms with Gasteiger partial charge in [0.2, 0.25) is 0 Å². The summed E-state index contributed by atoms with van der Waals surface area (Å²) in [6.07, 6.45) is 2.20. The van der Waals surface area contributed by atoms with Crippen molar-refractivity contribution in [3.8, 4) is 0 Å². The standard InChI is InChI=1S/C16H14Cl3N/c17-12-3-1-10(2-4-12)11-7-14(8-11)20-16-9-13(18)5-6-15(16)19/h1-6,9,11,14,20H,7-8H2. The first kappa shape index (κ1) is 14.1. The summed E-state index contributed by atoms with van der Waals surface area (Å²) in [5.74, 6) is 0.600. The third-order valence-corrected chi connectivity index (χ3v) is 4.58. The van der Waals surface area contributed by atoms with Crippen molar-refractivity contribution in [1.82, 2.24) is 0 Å². The fraction of sp³-hybridized carbons (Fsp3) is 0.250. The second-order valence-corrected chi connectivity index (χ2v) is 6.47. The van der Waals surface area contributed by atoms with Crippen molar-refractivity contribution < 1.29 is 0 Å². The van der Waals surface area contributed by atoms with Crippen LogP contribution < -0.4 is 5.32 Å². The summed E-state index contributed by atoms with van der Waals surface area (Å²) in [6.45, 7) is 0. The van der Waals surface area contributed by atoms with Gasteiger partial charge in [-0.2, -0.15) is 0 Å². The van der Waals surface area contributed by atoms with Crippen LogP contribution in [-0.2, 0) is 0 Å². The number of hydrogen-bond donors (Lipinski definition) is 1. The van der Waals surface area contributed by atoms with Gasteiger partial charge in [0, 0.05) is 16.1 Å². The van der Waals surface area contributed by atoms with Gasteiger partial charge in [-0.25, -0.2) is 0 Å². The van der Waals surface area contributed by atoms with E-state index in [4.69, 9.17) is 34.8 Å². The third kappa shape index (κ3) is 3.06. The third-order valence-electron chi connectivity index (χ3n) is 3.77. The Labute approximate surface area is 133 Å². The van der Waals surface area contributed by atoms with E-state index in [1.165, 1.54) is 5.56 Å². The van der Waals surface area contributed by atoms with Crippen molar-refractivity contribution in [2.45, 2.75) is 24.8 Å². The van der Waals surface area contributed by atoms with Crippen molar-refractivity contribution in [2.75, 3.05) is 5.32 Å². The number of halogens is 3. The molecule has 1 N–H and O–H groups in total. The van der Waals surface area contributed by atoms with Crippen molar-refractivity contribution in [2.24, 2.45) is 0 Å². The molecule has 1 aliphatic rings. The number of hydrogen-bond acceptors (Lipinski definition) is 1. The summed E-state index contributed by atoms with van der Waals surface area (Å²) < 4.78 is 0. The van der Waals surface area contributed by atoms with Gasteiger partial charge in [-0.3, -0.25) is 0 Å². The maximum Gasteiger partial charge on any atom is 0.0638 e. The van der Waals surface area contributed by atoms with Gasteiger partial charge in [0.15, 0.2) is 0 Å². The van der Waals surface area contributed by atoms with Crippen LogP contribution in [0.15, 0.2) is 42.5 Å². The Hall–Kier alpha value is -0.890. The zero-order valence-corrected chi connectivity index (χ0v) is 13.0. The molecule has 4 heteroatoms. The highest BCUT2D eigenvalue weighted by Gasteiger charge is 2.30. The molecule has 0 unspecified atom stereocenters. The van der Waals surface area contributed by atoms with Crippen molar-refractivity contribution >= 4 is 40.5 Å². The molecule has 2 aromatic carbocycles. The highest BCUT2D eigenvalue weighted by atomic mass is 35.5. The largest absolute Gasteiger partial charge is 0.381 e. The van der Waals surface area contributed by atoms with Gasteiger partial charge < -0.3 is 5.32 Å². The maximum atomic E-state index is 6.16. The lowest BCUT2D eigenvalue weighted by molar-refractivity contribution is 0.374. The highest BCUT2D eigenvalue weighted by Crippen LogP contribution is 2.40. The smallest absolute Gasteiger partial charge is 0.0638 e. The van der Waals surface area contributed by atoms with Gasteiger partial charge in [-0.1, -0.05) is 46.9 Å². The Bertz CT molecular complexity index is 604. The lowest BCUT2D eigenvalue weighted by Gasteiger charge is -2.37. The molecule has 1 fully saturated rings. The molecule has 104 valence electrons. The van der Waals surface area contributed by atoms with E-state index in [1.807, 2.05) is 24.3 Å². The van der Waals surface area contributed by atoms with Crippen molar-refractivity contribution in [1.29, 1.82) is 0 Å². The molecule has 0 atom stereocenters. The van der Waals surface area contributed by atoms with Gasteiger partial charge in [-0.15, -0.1) is 0 Å². The van der Waals surface area contributed by atoms with Crippen molar-refractivity contribution in [3.63, 3.8) is 0 Å². The predicted octanol–water partition coefficient (Wildman–Crippen LogP) is 6.00. The zero-order valence-electron chi connectivity index (χ0n) is 10.7. The summed E-state index contributed by atoms with van der Waals surface area (Å²) in [6, 6.07) is 14.1. The molecule has 0 amide bonds. The number of nitrogens with one attached hydrogen (secondary N) is 1. The minimum Gasteiger partial charge on any atom is -0.381 e. The second kappa shape index (κ2) is 5.85. The molecule has 1 nitrogen and oxygen atoms in total. The fourth-order valence-corrected chi connectivity index (χ4v) is 3.04. The van der Waals surface area contributed by atoms with E-state index >= 15 is 0 Å². The molecule has 0 heterocycles. The molecular formula is C16H14Cl3N. The molecular weight excluding hydrogens is 313 g/mol. The monoisotopic (exact) mass is 325 g/mol. The second-order valence-electron chi connectivity index (χ2n) is 5.19. The van der Waals surface area contributed by atoms with Crippen LogP contribution >= 0.6 is 34.8 Å². The van der Waals surface area contributed by atoms with Crippen LogP contribution in [0.5, 0.6) is 0 Å². The first-order chi connectivity index (χ1) is 9.61. The number of benzene rings is 2. The Morgan fingerprint density at radius 3 is 2.20 bits per heavy atom. The molecule has 0 saturated heterocycles. The summed E-state index contributed by atoms with van der Waals surface area (Å²) >= 11 is 18.1. The lowest BCUT2D eigenvalue weighted by Crippen LogP contribution is -2.34. The average molecular weight is 327 g/mol. The van der Waals surface area contributed by atoms with Gasteiger partial charge in [0.25, 0.3) is 0 Å². The summed E-state index contributed by atoms with van der Waals surface area (Å²) in [4.78, 5) is 0. The molecule has 0 radical (unpaired) electrons. The van der Waals surface area contributed by atoms with E-state index in [0.717, 1.165) is 23.6 Å². The molecule has 2 aromatic rings. The van der Waals surface area contributed by atoms with Crippen LogP contribution in [0.1, 0.15) is 24.3 Å². The first-order valence-corrected chi connectivity index (χ1v) is 7.72. The molecule has 1 saturated carbocycles. The Morgan fingerprint density at radius 1 is 0.850 bits per heavy atom. The van der Waals surface area contributed by atoms with Crippen molar-refractivity contribution in [3.05, 3.63) is 63.1 Å². The molecule has 20 heavy (non-hydrogen) atoms. The molecule has 0 spiro atoms. The van der Waals surface area contributed by atoms with Crippen LogP contribution in [0, 0.1) is 0 Å². The van der Waals surface area contributed by atoms with Gasteiger partial charge in [0.05, 0.1) is 10.7 Å². The number of rotatable bonds is 3. The predicted molar refractivity (Wildman–Crippen MR) is 87.3 cm³/mol. The van der Waals surface area contributed by atoms with E-state index in [0.29, 0.717) is 22.0 Å². The van der Waals surface area contributed by atoms with E-state index in [2.05, 4.69) is 17.4 Å². The summed E-state index contributed by atoms with van der Waals surface area (Å²) in [5.41, 5.74) is 2.27. The van der Waals surface area contributed by atoms with Gasteiger partial charge in [0.1, 0.15) is 0 Å². The summed E-state index contributed by atoms with van der Waals surface area (Å²) in [7, 11) is 0. The summed E-state index contributed by atoms with van der Waals surface area (Å²) in [5, 5.41) is 5.65. The maximum absolute atomic E-state index is 6.16. The normalized spacial score (nSPS) is 21.4. The lowest BCUT2D eigenvalue weighted by atomic mass is 9.76. The van der Waals surface area contributed by atoms with E-state index in [9.17, 15) is 0 Å². The van der Waals surface area contributed by atoms with Gasteiger partial charge >= 0.3 is 0 Å². The Morgan fingerprint density at radius 2 is 1.50 bits per heavy atom. The minimum absolute atomic E-state index is 0.451. The van der Waals surface area contributed by atoms with Gasteiger partial charge in [-0.05, 0) is 54.7 Å². The van der Waals surface area contributed by atoms with Crippen LogP contribution in [-0.4, -0.2) is 6.04 Å². The van der Waals surface area contributed by atoms with E-state index in [-0.39, 0.29) is 0 Å². The van der Waals surface area contributed by atoms with E-state index in [1.54, 1.807) is 6.07 Å². The number of anilines is 1. The highest BCUT2D eigenvalue weighted by molar-refractivity contribution is 6.35. The topological polar surface area (TPSA) is 12.0 Å². The molecule has 1 aliphatic carbocycles. The van der Waals surface area contributed by atoms with E-state index < -0.39 is 0 Å². The molecule has 0 aromatic heterocycles. The minimum atomic E-state index is 0.451.